The Morgan fingerprint density at radius 3 is 2.34 bits per heavy atom. The summed E-state index contributed by atoms with van der Waals surface area (Å²) in [5, 5.41) is 4.57. The maximum atomic E-state index is 12.3. The van der Waals surface area contributed by atoms with Crippen LogP contribution in [0.3, 0.4) is 0 Å². The molecule has 4 rings (SSSR count). The lowest BCUT2D eigenvalue weighted by atomic mass is 10.1. The zero-order valence-corrected chi connectivity index (χ0v) is 21.3. The number of rotatable bonds is 6. The summed E-state index contributed by atoms with van der Waals surface area (Å²) in [4.78, 5) is 20.6. The van der Waals surface area contributed by atoms with E-state index in [1.165, 1.54) is 0 Å². The molecule has 0 aliphatic carbocycles. The van der Waals surface area contributed by atoms with Gasteiger partial charge < -0.3 is 19.3 Å². The molecule has 0 saturated carbocycles. The Balaban J connectivity index is 1.40. The first-order valence-corrected chi connectivity index (χ1v) is 12.1. The molecule has 1 saturated heterocycles. The fraction of sp³-hybridized carbons (Fsp3) is 0.444. The predicted octanol–water partition coefficient (Wildman–Crippen LogP) is 5.03. The lowest BCUT2D eigenvalue weighted by Crippen LogP contribution is -2.50. The minimum atomic E-state index is -0.476. The summed E-state index contributed by atoms with van der Waals surface area (Å²) in [6.07, 6.45) is 7.14. The van der Waals surface area contributed by atoms with E-state index in [1.54, 1.807) is 17.3 Å². The third-order valence-electron chi connectivity index (χ3n) is 5.66. The van der Waals surface area contributed by atoms with E-state index in [1.807, 2.05) is 43.9 Å². The summed E-state index contributed by atoms with van der Waals surface area (Å²) in [5.41, 5.74) is 3.59. The molecule has 0 N–H and O–H groups in total. The van der Waals surface area contributed by atoms with Gasteiger partial charge in [-0.1, -0.05) is 13.8 Å². The number of benzene rings is 1. The maximum Gasteiger partial charge on any atom is 0.410 e. The number of aromatic nitrogens is 3. The molecule has 1 aliphatic heterocycles. The third-order valence-corrected chi connectivity index (χ3v) is 5.66. The zero-order chi connectivity index (χ0) is 25.0. The number of amides is 1. The molecule has 186 valence electrons. The van der Waals surface area contributed by atoms with Crippen LogP contribution in [0.5, 0.6) is 5.75 Å². The summed E-state index contributed by atoms with van der Waals surface area (Å²) in [6.45, 7) is 13.4. The average molecular weight is 478 g/mol. The Kier molecular flexibility index (Phi) is 7.28. The standard InChI is InChI=1S/C27H35N5O3/c1-20(2)19-34-25-17-28-11-10-24(25)21-16-29-32(18-21)23-8-6-22(7-9-23)30-12-14-31(15-13-30)26(33)35-27(3,4)5/h6-11,16-18,20H,12-15,19H2,1-5H3. The predicted molar refractivity (Wildman–Crippen MR) is 137 cm³/mol. The Morgan fingerprint density at radius 1 is 1.00 bits per heavy atom. The molecule has 0 spiro atoms. The molecule has 1 amide bonds. The fourth-order valence-electron chi connectivity index (χ4n) is 3.88. The number of pyridine rings is 1. The highest BCUT2D eigenvalue weighted by molar-refractivity contribution is 5.69. The highest BCUT2D eigenvalue weighted by Gasteiger charge is 2.26. The Morgan fingerprint density at radius 2 is 1.69 bits per heavy atom. The monoisotopic (exact) mass is 477 g/mol. The van der Waals surface area contributed by atoms with Crippen molar-refractivity contribution >= 4 is 11.8 Å². The first kappa shape index (κ1) is 24.6. The van der Waals surface area contributed by atoms with Crippen LogP contribution in [0.15, 0.2) is 55.1 Å². The fourth-order valence-corrected chi connectivity index (χ4v) is 3.88. The highest BCUT2D eigenvalue weighted by Crippen LogP contribution is 2.30. The van der Waals surface area contributed by atoms with E-state index in [0.717, 1.165) is 41.3 Å². The smallest absolute Gasteiger partial charge is 0.410 e. The Hall–Kier alpha value is -3.55. The van der Waals surface area contributed by atoms with Crippen LogP contribution < -0.4 is 9.64 Å². The number of nitrogens with zero attached hydrogens (tertiary/aromatic N) is 5. The minimum absolute atomic E-state index is 0.242. The molecule has 3 aromatic rings. The molecule has 35 heavy (non-hydrogen) atoms. The molecule has 0 atom stereocenters. The van der Waals surface area contributed by atoms with E-state index in [-0.39, 0.29) is 6.09 Å². The second-order valence-corrected chi connectivity index (χ2v) is 10.2. The molecular weight excluding hydrogens is 442 g/mol. The number of carbonyl (C=O) groups excluding carboxylic acids is 1. The van der Waals surface area contributed by atoms with Gasteiger partial charge >= 0.3 is 6.09 Å². The van der Waals surface area contributed by atoms with Crippen molar-refractivity contribution in [3.63, 3.8) is 0 Å². The normalized spacial score (nSPS) is 14.3. The summed E-state index contributed by atoms with van der Waals surface area (Å²) in [7, 11) is 0. The molecule has 0 unspecified atom stereocenters. The van der Waals surface area contributed by atoms with Crippen LogP contribution in [0.25, 0.3) is 16.8 Å². The van der Waals surface area contributed by atoms with Crippen molar-refractivity contribution < 1.29 is 14.3 Å². The van der Waals surface area contributed by atoms with Gasteiger partial charge in [0.2, 0.25) is 0 Å². The largest absolute Gasteiger partial charge is 0.491 e. The molecule has 0 radical (unpaired) electrons. The molecule has 3 heterocycles. The van der Waals surface area contributed by atoms with E-state index in [4.69, 9.17) is 9.47 Å². The lowest BCUT2D eigenvalue weighted by molar-refractivity contribution is 0.0240. The van der Waals surface area contributed by atoms with Crippen molar-refractivity contribution in [2.24, 2.45) is 5.92 Å². The Bertz CT molecular complexity index is 1130. The molecule has 1 fully saturated rings. The van der Waals surface area contributed by atoms with Crippen LogP contribution in [0.4, 0.5) is 10.5 Å². The molecule has 1 aromatic carbocycles. The van der Waals surface area contributed by atoms with Gasteiger partial charge in [0, 0.05) is 55.4 Å². The number of hydrogen-bond donors (Lipinski definition) is 0. The van der Waals surface area contributed by atoms with Crippen LogP contribution in [-0.2, 0) is 4.74 Å². The quantitative estimate of drug-likeness (QED) is 0.496. The van der Waals surface area contributed by atoms with E-state index in [2.05, 4.69) is 53.1 Å². The van der Waals surface area contributed by atoms with Gasteiger partial charge in [-0.2, -0.15) is 5.10 Å². The van der Waals surface area contributed by atoms with Crippen LogP contribution >= 0.6 is 0 Å². The van der Waals surface area contributed by atoms with Gasteiger partial charge in [-0.15, -0.1) is 0 Å². The SMILES string of the molecule is CC(C)COc1cnccc1-c1cnn(-c2ccc(N3CCN(C(=O)OC(C)(C)C)CC3)cc2)c1. The van der Waals surface area contributed by atoms with Gasteiger partial charge in [0.25, 0.3) is 0 Å². The average Bonchev–Trinajstić information content (AvgIpc) is 3.32. The maximum absolute atomic E-state index is 12.3. The topological polar surface area (TPSA) is 72.7 Å². The molecule has 8 heteroatoms. The van der Waals surface area contributed by atoms with Gasteiger partial charge in [-0.3, -0.25) is 4.98 Å². The lowest BCUT2D eigenvalue weighted by Gasteiger charge is -2.36. The molecular formula is C27H35N5O3. The van der Waals surface area contributed by atoms with Crippen LogP contribution in [0.1, 0.15) is 34.6 Å². The molecule has 8 nitrogen and oxygen atoms in total. The van der Waals surface area contributed by atoms with E-state index in [0.29, 0.717) is 25.6 Å². The summed E-state index contributed by atoms with van der Waals surface area (Å²) < 4.78 is 13.3. The van der Waals surface area contributed by atoms with Crippen molar-refractivity contribution in [1.29, 1.82) is 0 Å². The van der Waals surface area contributed by atoms with Crippen molar-refractivity contribution in [2.75, 3.05) is 37.7 Å². The van der Waals surface area contributed by atoms with E-state index < -0.39 is 5.60 Å². The summed E-state index contributed by atoms with van der Waals surface area (Å²) in [5.74, 6) is 1.20. The van der Waals surface area contributed by atoms with Crippen molar-refractivity contribution in [2.45, 2.75) is 40.2 Å². The number of anilines is 1. The van der Waals surface area contributed by atoms with E-state index >= 15 is 0 Å². The Labute approximate surface area is 207 Å². The minimum Gasteiger partial charge on any atom is -0.491 e. The zero-order valence-electron chi connectivity index (χ0n) is 21.3. The second-order valence-electron chi connectivity index (χ2n) is 10.2. The van der Waals surface area contributed by atoms with Gasteiger partial charge in [0.15, 0.2) is 0 Å². The van der Waals surface area contributed by atoms with Crippen LogP contribution in [0, 0.1) is 5.92 Å². The van der Waals surface area contributed by atoms with Crippen molar-refractivity contribution in [1.82, 2.24) is 19.7 Å². The van der Waals surface area contributed by atoms with Crippen LogP contribution in [0.2, 0.25) is 0 Å². The summed E-state index contributed by atoms with van der Waals surface area (Å²) in [6, 6.07) is 10.3. The van der Waals surface area contributed by atoms with Gasteiger partial charge in [-0.25, -0.2) is 9.48 Å². The van der Waals surface area contributed by atoms with Gasteiger partial charge in [0.1, 0.15) is 11.4 Å². The first-order valence-electron chi connectivity index (χ1n) is 12.1. The van der Waals surface area contributed by atoms with Crippen molar-refractivity contribution in [3.05, 3.63) is 55.1 Å². The highest BCUT2D eigenvalue weighted by atomic mass is 16.6. The number of piperazine rings is 1. The van der Waals surface area contributed by atoms with Gasteiger partial charge in [0.05, 0.1) is 24.7 Å². The third kappa shape index (κ3) is 6.32. The number of hydrogen-bond acceptors (Lipinski definition) is 6. The molecule has 0 bridgehead atoms. The summed E-state index contributed by atoms with van der Waals surface area (Å²) >= 11 is 0. The number of carbonyl (C=O) groups is 1. The van der Waals surface area contributed by atoms with E-state index in [9.17, 15) is 4.79 Å². The van der Waals surface area contributed by atoms with Gasteiger partial charge in [-0.05, 0) is 57.0 Å². The molecule has 2 aromatic heterocycles. The van der Waals surface area contributed by atoms with Crippen molar-refractivity contribution in [3.8, 4) is 22.6 Å². The first-order chi connectivity index (χ1) is 16.7. The molecule has 1 aliphatic rings. The number of ether oxygens (including phenoxy) is 2. The second kappa shape index (κ2) is 10.4. The van der Waals surface area contributed by atoms with Crippen LogP contribution in [-0.4, -0.2) is 64.1 Å².